The maximum atomic E-state index is 14.3. The highest BCUT2D eigenvalue weighted by atomic mass is 32.2. The van der Waals surface area contributed by atoms with Gasteiger partial charge in [0, 0.05) is 55.3 Å². The van der Waals surface area contributed by atoms with Gasteiger partial charge in [-0.2, -0.15) is 0 Å². The standard InChI is InChI=1S/C17H18F2N4OS2/c1-17(18,19)11-6-12(10-7-21-9-22-8-10)23-15-13(11)14(20)16(26-15)25-5-3-4-24-2/h6-9H,3-5,20H2,1-2H3. The Labute approximate surface area is 158 Å². The van der Waals surface area contributed by atoms with Crippen molar-refractivity contribution >= 4 is 39.0 Å². The van der Waals surface area contributed by atoms with Crippen molar-refractivity contribution in [2.75, 3.05) is 25.2 Å². The molecule has 3 aromatic heterocycles. The molecular formula is C17H18F2N4OS2. The third-order valence-electron chi connectivity index (χ3n) is 3.72. The molecule has 0 saturated heterocycles. The highest BCUT2D eigenvalue weighted by molar-refractivity contribution is 8.01. The lowest BCUT2D eigenvalue weighted by Crippen LogP contribution is -2.09. The van der Waals surface area contributed by atoms with Gasteiger partial charge in [-0.25, -0.2) is 23.7 Å². The minimum Gasteiger partial charge on any atom is -0.397 e. The van der Waals surface area contributed by atoms with Crippen LogP contribution >= 0.6 is 23.1 Å². The summed E-state index contributed by atoms with van der Waals surface area (Å²) in [7, 11) is 1.65. The van der Waals surface area contributed by atoms with Gasteiger partial charge in [0.2, 0.25) is 0 Å². The molecule has 0 spiro atoms. The van der Waals surface area contributed by atoms with Crippen molar-refractivity contribution in [3.63, 3.8) is 0 Å². The van der Waals surface area contributed by atoms with Crippen LogP contribution in [0.5, 0.6) is 0 Å². The maximum Gasteiger partial charge on any atom is 0.271 e. The van der Waals surface area contributed by atoms with E-state index in [2.05, 4.69) is 15.0 Å². The molecule has 26 heavy (non-hydrogen) atoms. The average Bonchev–Trinajstić information content (AvgIpc) is 2.94. The van der Waals surface area contributed by atoms with Crippen molar-refractivity contribution < 1.29 is 13.5 Å². The quantitative estimate of drug-likeness (QED) is 0.466. The largest absolute Gasteiger partial charge is 0.397 e. The van der Waals surface area contributed by atoms with Crippen LogP contribution in [-0.2, 0) is 10.7 Å². The van der Waals surface area contributed by atoms with Crippen LogP contribution in [0.15, 0.2) is 29.0 Å². The molecule has 0 saturated carbocycles. The summed E-state index contributed by atoms with van der Waals surface area (Å²) < 4.78 is 34.4. The third kappa shape index (κ3) is 3.94. The number of alkyl halides is 2. The number of hydrogen-bond acceptors (Lipinski definition) is 7. The molecule has 0 aliphatic rings. The molecule has 0 aromatic carbocycles. The number of rotatable bonds is 7. The predicted molar refractivity (Wildman–Crippen MR) is 102 cm³/mol. The Kier molecular flexibility index (Phi) is 5.69. The highest BCUT2D eigenvalue weighted by Crippen LogP contribution is 2.45. The molecule has 3 heterocycles. The lowest BCUT2D eigenvalue weighted by Gasteiger charge is -2.14. The summed E-state index contributed by atoms with van der Waals surface area (Å²) in [6.45, 7) is 1.52. The Hall–Kier alpha value is -1.84. The van der Waals surface area contributed by atoms with Crippen LogP contribution in [0.3, 0.4) is 0 Å². The molecule has 0 aliphatic heterocycles. The molecule has 3 rings (SSSR count). The molecule has 0 fully saturated rings. The zero-order valence-electron chi connectivity index (χ0n) is 14.3. The van der Waals surface area contributed by atoms with E-state index in [-0.39, 0.29) is 5.56 Å². The summed E-state index contributed by atoms with van der Waals surface area (Å²) in [5, 5.41) is 0.331. The van der Waals surface area contributed by atoms with Gasteiger partial charge in [-0.15, -0.1) is 23.1 Å². The van der Waals surface area contributed by atoms with Crippen LogP contribution in [0.1, 0.15) is 18.9 Å². The number of aromatic nitrogens is 3. The second kappa shape index (κ2) is 7.81. The van der Waals surface area contributed by atoms with Gasteiger partial charge in [0.25, 0.3) is 5.92 Å². The summed E-state index contributed by atoms with van der Waals surface area (Å²) in [4.78, 5) is 12.9. The van der Waals surface area contributed by atoms with Crippen LogP contribution in [0.4, 0.5) is 14.5 Å². The predicted octanol–water partition coefficient (Wildman–Crippen LogP) is 4.58. The lowest BCUT2D eigenvalue weighted by atomic mass is 10.0. The van der Waals surface area contributed by atoms with Crippen molar-refractivity contribution in [3.05, 3.63) is 30.4 Å². The van der Waals surface area contributed by atoms with E-state index in [1.165, 1.54) is 35.5 Å². The molecule has 0 atom stereocenters. The van der Waals surface area contributed by atoms with Gasteiger partial charge >= 0.3 is 0 Å². The van der Waals surface area contributed by atoms with E-state index >= 15 is 0 Å². The first-order valence-electron chi connectivity index (χ1n) is 7.90. The Balaban J connectivity index is 2.09. The van der Waals surface area contributed by atoms with E-state index in [1.807, 2.05) is 0 Å². The van der Waals surface area contributed by atoms with Crippen LogP contribution in [0, 0.1) is 0 Å². The van der Waals surface area contributed by atoms with E-state index in [9.17, 15) is 8.78 Å². The highest BCUT2D eigenvalue weighted by Gasteiger charge is 2.31. The zero-order chi connectivity index (χ0) is 18.7. The fraction of sp³-hybridized carbons (Fsp3) is 0.353. The number of methoxy groups -OCH3 is 1. The number of nitrogens with zero attached hydrogens (tertiary/aromatic N) is 3. The molecule has 0 unspecified atom stereocenters. The van der Waals surface area contributed by atoms with Gasteiger partial charge in [0.15, 0.2) is 0 Å². The molecule has 0 amide bonds. The fourth-order valence-electron chi connectivity index (χ4n) is 2.50. The average molecular weight is 396 g/mol. The Bertz CT molecular complexity index is 897. The second-order valence-electron chi connectivity index (χ2n) is 5.75. The number of halogens is 2. The molecular weight excluding hydrogens is 378 g/mol. The van der Waals surface area contributed by atoms with E-state index < -0.39 is 5.92 Å². The lowest BCUT2D eigenvalue weighted by molar-refractivity contribution is 0.0191. The van der Waals surface area contributed by atoms with E-state index in [4.69, 9.17) is 10.5 Å². The van der Waals surface area contributed by atoms with Crippen LogP contribution < -0.4 is 5.73 Å². The number of nitrogen functional groups attached to an aromatic ring is 1. The number of hydrogen-bond donors (Lipinski definition) is 1. The monoisotopic (exact) mass is 396 g/mol. The first-order valence-corrected chi connectivity index (χ1v) is 9.70. The molecule has 0 aliphatic carbocycles. The Morgan fingerprint density at radius 1 is 1.31 bits per heavy atom. The molecule has 9 heteroatoms. The summed E-state index contributed by atoms with van der Waals surface area (Å²) in [5.41, 5.74) is 7.44. The second-order valence-corrected chi connectivity index (χ2v) is 8.11. The zero-order valence-corrected chi connectivity index (χ0v) is 16.0. The summed E-state index contributed by atoms with van der Waals surface area (Å²) in [5.74, 6) is -2.25. The molecule has 0 bridgehead atoms. The van der Waals surface area contributed by atoms with Gasteiger partial charge < -0.3 is 10.5 Å². The van der Waals surface area contributed by atoms with E-state index in [0.29, 0.717) is 33.8 Å². The van der Waals surface area contributed by atoms with Crippen LogP contribution in [-0.4, -0.2) is 34.4 Å². The van der Waals surface area contributed by atoms with Crippen molar-refractivity contribution in [1.82, 2.24) is 15.0 Å². The number of thiophene rings is 1. The summed E-state index contributed by atoms with van der Waals surface area (Å²) >= 11 is 2.87. The first-order chi connectivity index (χ1) is 12.4. The molecule has 2 N–H and O–H groups in total. The van der Waals surface area contributed by atoms with Gasteiger partial charge in [0.05, 0.1) is 15.6 Å². The number of fused-ring (bicyclic) bond motifs is 1. The van der Waals surface area contributed by atoms with Gasteiger partial charge in [-0.3, -0.25) is 0 Å². The SMILES string of the molecule is COCCCSc1sc2nc(-c3cncnc3)cc(C(C)(F)F)c2c1N. The van der Waals surface area contributed by atoms with Gasteiger partial charge in [0.1, 0.15) is 11.2 Å². The normalized spacial score (nSPS) is 12.0. The van der Waals surface area contributed by atoms with Crippen molar-refractivity contribution in [2.45, 2.75) is 23.5 Å². The topological polar surface area (TPSA) is 73.9 Å². The van der Waals surface area contributed by atoms with Gasteiger partial charge in [-0.05, 0) is 12.5 Å². The van der Waals surface area contributed by atoms with Crippen LogP contribution in [0.25, 0.3) is 21.5 Å². The number of pyridine rings is 1. The smallest absolute Gasteiger partial charge is 0.271 e. The fourth-order valence-corrected chi connectivity index (χ4v) is 4.78. The number of anilines is 1. The minimum atomic E-state index is -3.04. The number of thioether (sulfide) groups is 1. The summed E-state index contributed by atoms with van der Waals surface area (Å²) in [6.07, 6.45) is 5.34. The van der Waals surface area contributed by atoms with Gasteiger partial charge in [-0.1, -0.05) is 0 Å². The van der Waals surface area contributed by atoms with E-state index in [0.717, 1.165) is 23.3 Å². The minimum absolute atomic E-state index is 0.126. The molecule has 5 nitrogen and oxygen atoms in total. The maximum absolute atomic E-state index is 14.3. The summed E-state index contributed by atoms with van der Waals surface area (Å²) in [6, 6.07) is 1.38. The first kappa shape index (κ1) is 18.9. The van der Waals surface area contributed by atoms with E-state index in [1.54, 1.807) is 19.5 Å². The van der Waals surface area contributed by atoms with Crippen molar-refractivity contribution in [1.29, 1.82) is 0 Å². The molecule has 0 radical (unpaired) electrons. The van der Waals surface area contributed by atoms with Crippen molar-refractivity contribution in [2.24, 2.45) is 0 Å². The number of ether oxygens (including phenoxy) is 1. The van der Waals surface area contributed by atoms with Crippen molar-refractivity contribution in [3.8, 4) is 11.3 Å². The molecule has 3 aromatic rings. The molecule has 138 valence electrons. The third-order valence-corrected chi connectivity index (χ3v) is 6.19. The van der Waals surface area contributed by atoms with Crippen LogP contribution in [0.2, 0.25) is 0 Å². The number of nitrogens with two attached hydrogens (primary N) is 1. The Morgan fingerprint density at radius 3 is 2.69 bits per heavy atom. The Morgan fingerprint density at radius 2 is 2.04 bits per heavy atom.